The first-order chi connectivity index (χ1) is 8.66. The van der Waals surface area contributed by atoms with Gasteiger partial charge in [-0.05, 0) is 24.3 Å². The monoisotopic (exact) mass is 258 g/mol. The lowest BCUT2D eigenvalue weighted by molar-refractivity contribution is 0.959. The first-order valence-electron chi connectivity index (χ1n) is 5.48. The topological polar surface area (TPSA) is 56.7 Å². The number of hydrogen-bond donors (Lipinski definition) is 1. The molecule has 4 nitrogen and oxygen atoms in total. The number of pyridine rings is 1. The van der Waals surface area contributed by atoms with E-state index >= 15 is 0 Å². The van der Waals surface area contributed by atoms with Gasteiger partial charge in [0.1, 0.15) is 11.3 Å². The molecule has 0 saturated heterocycles. The van der Waals surface area contributed by atoms with Crippen molar-refractivity contribution < 1.29 is 0 Å². The molecule has 0 fully saturated rings. The Morgan fingerprint density at radius 3 is 2.89 bits per heavy atom. The summed E-state index contributed by atoms with van der Waals surface area (Å²) in [5, 5.41) is 0.643. The maximum atomic E-state index is 6.01. The molecular weight excluding hydrogens is 248 g/mol. The zero-order valence-electron chi connectivity index (χ0n) is 9.76. The van der Waals surface area contributed by atoms with E-state index in [1.54, 1.807) is 24.5 Å². The van der Waals surface area contributed by atoms with E-state index in [-0.39, 0.29) is 0 Å². The molecule has 0 saturated carbocycles. The van der Waals surface area contributed by atoms with Crippen LogP contribution in [0.4, 0.5) is 5.69 Å². The number of hydrogen-bond acceptors (Lipinski definition) is 3. The SMILES string of the molecule is Cn1c(-c2cc(Cl)ccc2N)nc2cnccc21. The van der Waals surface area contributed by atoms with Crippen molar-refractivity contribution in [1.29, 1.82) is 0 Å². The molecule has 18 heavy (non-hydrogen) atoms. The number of nitrogens with two attached hydrogens (primary N) is 1. The average Bonchev–Trinajstić information content (AvgIpc) is 2.71. The number of rotatable bonds is 1. The Labute approximate surface area is 109 Å². The highest BCUT2D eigenvalue weighted by Gasteiger charge is 2.12. The molecule has 0 bridgehead atoms. The van der Waals surface area contributed by atoms with Crippen LogP contribution in [-0.4, -0.2) is 14.5 Å². The molecule has 0 atom stereocenters. The fourth-order valence-electron chi connectivity index (χ4n) is 2.01. The van der Waals surface area contributed by atoms with Crippen LogP contribution in [0.1, 0.15) is 0 Å². The molecule has 2 N–H and O–H groups in total. The predicted molar refractivity (Wildman–Crippen MR) is 73.4 cm³/mol. The van der Waals surface area contributed by atoms with E-state index in [0.717, 1.165) is 22.4 Å². The summed E-state index contributed by atoms with van der Waals surface area (Å²) < 4.78 is 1.99. The van der Waals surface area contributed by atoms with Crippen LogP contribution in [-0.2, 0) is 7.05 Å². The van der Waals surface area contributed by atoms with Crippen LogP contribution in [0.3, 0.4) is 0 Å². The third kappa shape index (κ3) is 1.62. The van der Waals surface area contributed by atoms with E-state index in [0.29, 0.717) is 10.7 Å². The van der Waals surface area contributed by atoms with Gasteiger partial charge in [-0.25, -0.2) is 4.98 Å². The van der Waals surface area contributed by atoms with Gasteiger partial charge in [0.2, 0.25) is 0 Å². The van der Waals surface area contributed by atoms with Crippen molar-refractivity contribution in [3.63, 3.8) is 0 Å². The van der Waals surface area contributed by atoms with Gasteiger partial charge in [-0.1, -0.05) is 11.6 Å². The summed E-state index contributed by atoms with van der Waals surface area (Å²) in [6, 6.07) is 7.30. The standard InChI is InChI=1S/C13H11ClN4/c1-18-12-4-5-16-7-11(12)17-13(18)9-6-8(14)2-3-10(9)15/h2-7H,15H2,1H3. The predicted octanol–water partition coefficient (Wildman–Crippen LogP) is 2.87. The van der Waals surface area contributed by atoms with E-state index in [9.17, 15) is 0 Å². The van der Waals surface area contributed by atoms with E-state index in [2.05, 4.69) is 9.97 Å². The first-order valence-corrected chi connectivity index (χ1v) is 5.86. The van der Waals surface area contributed by atoms with E-state index in [1.807, 2.05) is 23.7 Å². The number of nitrogen functional groups attached to an aromatic ring is 1. The molecule has 0 unspecified atom stereocenters. The summed E-state index contributed by atoms with van der Waals surface area (Å²) in [4.78, 5) is 8.61. The van der Waals surface area contributed by atoms with E-state index < -0.39 is 0 Å². The van der Waals surface area contributed by atoms with Crippen LogP contribution in [0.15, 0.2) is 36.7 Å². The molecule has 0 aliphatic rings. The van der Waals surface area contributed by atoms with Crippen molar-refractivity contribution >= 4 is 28.3 Å². The van der Waals surface area contributed by atoms with Crippen molar-refractivity contribution in [1.82, 2.24) is 14.5 Å². The lowest BCUT2D eigenvalue weighted by atomic mass is 10.1. The van der Waals surface area contributed by atoms with Gasteiger partial charge < -0.3 is 10.3 Å². The molecule has 0 aliphatic carbocycles. The highest BCUT2D eigenvalue weighted by molar-refractivity contribution is 6.31. The Balaban J connectivity index is 2.31. The largest absolute Gasteiger partial charge is 0.398 e. The Morgan fingerprint density at radius 1 is 1.28 bits per heavy atom. The van der Waals surface area contributed by atoms with Crippen molar-refractivity contribution in [2.24, 2.45) is 7.05 Å². The molecule has 0 aliphatic heterocycles. The number of imidazole rings is 1. The van der Waals surface area contributed by atoms with E-state index in [1.165, 1.54) is 0 Å². The molecule has 3 aromatic rings. The van der Waals surface area contributed by atoms with Crippen molar-refractivity contribution in [3.8, 4) is 11.4 Å². The van der Waals surface area contributed by atoms with Gasteiger partial charge in [-0.2, -0.15) is 0 Å². The second-order valence-corrected chi connectivity index (χ2v) is 4.53. The van der Waals surface area contributed by atoms with Gasteiger partial charge >= 0.3 is 0 Å². The summed E-state index contributed by atoms with van der Waals surface area (Å²) in [7, 11) is 1.95. The van der Waals surface area contributed by atoms with Gasteiger partial charge in [0.25, 0.3) is 0 Å². The van der Waals surface area contributed by atoms with Gasteiger partial charge in [-0.3, -0.25) is 4.98 Å². The molecule has 2 aromatic heterocycles. The summed E-state index contributed by atoms with van der Waals surface area (Å²) in [5.41, 5.74) is 9.33. The first kappa shape index (κ1) is 11.0. The highest BCUT2D eigenvalue weighted by atomic mass is 35.5. The quantitative estimate of drug-likeness (QED) is 0.683. The number of nitrogens with zero attached hydrogens (tertiary/aromatic N) is 3. The maximum absolute atomic E-state index is 6.01. The minimum absolute atomic E-state index is 0.643. The average molecular weight is 259 g/mol. The van der Waals surface area contributed by atoms with Crippen LogP contribution >= 0.6 is 11.6 Å². The molecule has 3 rings (SSSR count). The molecule has 0 radical (unpaired) electrons. The third-order valence-corrected chi connectivity index (χ3v) is 3.17. The second-order valence-electron chi connectivity index (χ2n) is 4.09. The van der Waals surface area contributed by atoms with Crippen molar-refractivity contribution in [2.45, 2.75) is 0 Å². The number of anilines is 1. The Morgan fingerprint density at radius 2 is 2.11 bits per heavy atom. The fourth-order valence-corrected chi connectivity index (χ4v) is 2.19. The Hall–Kier alpha value is -2.07. The Bertz CT molecular complexity index is 733. The van der Waals surface area contributed by atoms with Gasteiger partial charge in [0, 0.05) is 29.5 Å². The fraction of sp³-hybridized carbons (Fsp3) is 0.0769. The number of fused-ring (bicyclic) bond motifs is 1. The highest BCUT2D eigenvalue weighted by Crippen LogP contribution is 2.29. The minimum Gasteiger partial charge on any atom is -0.398 e. The van der Waals surface area contributed by atoms with Crippen molar-refractivity contribution in [3.05, 3.63) is 41.7 Å². The van der Waals surface area contributed by atoms with Crippen molar-refractivity contribution in [2.75, 3.05) is 5.73 Å². The molecule has 2 heterocycles. The molecular formula is C13H11ClN4. The number of aryl methyl sites for hydroxylation is 1. The lowest BCUT2D eigenvalue weighted by Crippen LogP contribution is -1.96. The molecule has 5 heteroatoms. The summed E-state index contributed by atoms with van der Waals surface area (Å²) in [5.74, 6) is 0.790. The van der Waals surface area contributed by atoms with Crippen LogP contribution < -0.4 is 5.73 Å². The summed E-state index contributed by atoms with van der Waals surface area (Å²) >= 11 is 6.01. The van der Waals surface area contributed by atoms with Crippen LogP contribution in [0, 0.1) is 0 Å². The summed E-state index contributed by atoms with van der Waals surface area (Å²) in [6.45, 7) is 0. The third-order valence-electron chi connectivity index (χ3n) is 2.94. The van der Waals surface area contributed by atoms with Gasteiger partial charge in [0.15, 0.2) is 0 Å². The molecule has 0 spiro atoms. The molecule has 1 aromatic carbocycles. The molecule has 0 amide bonds. The van der Waals surface area contributed by atoms with Gasteiger partial charge in [0.05, 0.1) is 11.7 Å². The molecule has 90 valence electrons. The normalized spacial score (nSPS) is 11.0. The van der Waals surface area contributed by atoms with Crippen LogP contribution in [0.5, 0.6) is 0 Å². The Kier molecular flexibility index (Phi) is 2.45. The maximum Gasteiger partial charge on any atom is 0.143 e. The number of benzene rings is 1. The van der Waals surface area contributed by atoms with Gasteiger partial charge in [-0.15, -0.1) is 0 Å². The smallest absolute Gasteiger partial charge is 0.143 e. The zero-order chi connectivity index (χ0) is 12.7. The number of halogens is 1. The number of aromatic nitrogens is 3. The van der Waals surface area contributed by atoms with Crippen LogP contribution in [0.25, 0.3) is 22.4 Å². The van der Waals surface area contributed by atoms with E-state index in [4.69, 9.17) is 17.3 Å². The summed E-state index contributed by atoms with van der Waals surface area (Å²) in [6.07, 6.45) is 3.48. The van der Waals surface area contributed by atoms with Crippen LogP contribution in [0.2, 0.25) is 5.02 Å². The second kappa shape index (κ2) is 3.99. The zero-order valence-corrected chi connectivity index (χ0v) is 10.5. The minimum atomic E-state index is 0.643. The lowest BCUT2D eigenvalue weighted by Gasteiger charge is -2.06.